The summed E-state index contributed by atoms with van der Waals surface area (Å²) in [6.45, 7) is 5.45. The maximum Gasteiger partial charge on any atom is 0.290 e. The number of phenols is 1. The lowest BCUT2D eigenvalue weighted by Crippen LogP contribution is -2.33. The van der Waals surface area contributed by atoms with Crippen molar-refractivity contribution < 1.29 is 19.8 Å². The Bertz CT molecular complexity index is 1210. The molecule has 3 N–H and O–H groups in total. The zero-order valence-electron chi connectivity index (χ0n) is 17.2. The van der Waals surface area contributed by atoms with Crippen molar-refractivity contribution in [1.82, 2.24) is 9.88 Å². The van der Waals surface area contributed by atoms with Crippen LogP contribution in [0.15, 0.2) is 53.8 Å². The van der Waals surface area contributed by atoms with Gasteiger partial charge in [0, 0.05) is 28.7 Å². The largest absolute Gasteiger partial charge is 0.508 e. The molecule has 30 heavy (non-hydrogen) atoms. The van der Waals surface area contributed by atoms with Gasteiger partial charge in [-0.2, -0.15) is 0 Å². The number of aliphatic hydroxyl groups is 1. The number of ketones is 1. The molecule has 0 bridgehead atoms. The van der Waals surface area contributed by atoms with Gasteiger partial charge in [0.2, 0.25) is 0 Å². The van der Waals surface area contributed by atoms with E-state index in [1.54, 1.807) is 12.1 Å². The third kappa shape index (κ3) is 3.14. The maximum absolute atomic E-state index is 12.9. The molecule has 0 aliphatic carbocycles. The molecule has 2 heterocycles. The Hall–Kier alpha value is -3.54. The Morgan fingerprint density at radius 3 is 2.57 bits per heavy atom. The van der Waals surface area contributed by atoms with Crippen LogP contribution >= 0.6 is 0 Å². The van der Waals surface area contributed by atoms with Crippen LogP contribution in [0.25, 0.3) is 10.9 Å². The van der Waals surface area contributed by atoms with Crippen molar-refractivity contribution in [1.29, 1.82) is 0 Å². The van der Waals surface area contributed by atoms with Crippen LogP contribution in [0.4, 0.5) is 0 Å². The van der Waals surface area contributed by atoms with E-state index in [0.717, 1.165) is 27.7 Å². The standard InChI is InChI=1S/C24H24N2O4/c1-13-8-9-18(20(28)12-13)22-21(15(3)27)23(29)24(30)26(22)11-10-16-14(2)25-19-7-5-4-6-17(16)19/h4-9,12,22,25,28-29H,10-11H2,1-3H3. The van der Waals surface area contributed by atoms with Crippen LogP contribution in [0.3, 0.4) is 0 Å². The third-order valence-electron chi connectivity index (χ3n) is 5.79. The van der Waals surface area contributed by atoms with Gasteiger partial charge in [-0.05, 0) is 50.5 Å². The second kappa shape index (κ2) is 7.37. The van der Waals surface area contributed by atoms with Gasteiger partial charge in [0.1, 0.15) is 5.75 Å². The number of carbonyl (C=O) groups is 2. The van der Waals surface area contributed by atoms with Gasteiger partial charge in [0.05, 0.1) is 11.6 Å². The zero-order chi connectivity index (χ0) is 21.6. The molecule has 2 aromatic carbocycles. The number of fused-ring (bicyclic) bond motifs is 1. The molecule has 1 aliphatic rings. The number of para-hydroxylation sites is 1. The van der Waals surface area contributed by atoms with Crippen LogP contribution in [-0.4, -0.2) is 38.3 Å². The smallest absolute Gasteiger partial charge is 0.290 e. The fraction of sp³-hybridized carbons (Fsp3) is 0.250. The van der Waals surface area contributed by atoms with Gasteiger partial charge in [-0.15, -0.1) is 0 Å². The van der Waals surface area contributed by atoms with Crippen molar-refractivity contribution in [2.45, 2.75) is 33.2 Å². The van der Waals surface area contributed by atoms with E-state index in [2.05, 4.69) is 4.98 Å². The maximum atomic E-state index is 12.9. The fourth-order valence-electron chi connectivity index (χ4n) is 4.34. The highest BCUT2D eigenvalue weighted by molar-refractivity contribution is 6.08. The van der Waals surface area contributed by atoms with Gasteiger partial charge >= 0.3 is 0 Å². The number of carbonyl (C=O) groups excluding carboxylic acids is 2. The van der Waals surface area contributed by atoms with Crippen LogP contribution < -0.4 is 0 Å². The Morgan fingerprint density at radius 1 is 1.13 bits per heavy atom. The predicted octanol–water partition coefficient (Wildman–Crippen LogP) is 4.02. The van der Waals surface area contributed by atoms with Crippen molar-refractivity contribution in [3.63, 3.8) is 0 Å². The summed E-state index contributed by atoms with van der Waals surface area (Å²) in [5.41, 5.74) is 4.44. The molecule has 1 amide bonds. The Balaban J connectivity index is 1.72. The van der Waals surface area contributed by atoms with Crippen LogP contribution in [0.5, 0.6) is 5.75 Å². The number of aryl methyl sites for hydroxylation is 2. The summed E-state index contributed by atoms with van der Waals surface area (Å²) in [6.07, 6.45) is 0.545. The van der Waals surface area contributed by atoms with E-state index in [1.807, 2.05) is 44.2 Å². The molecule has 0 spiro atoms. The molecule has 0 fully saturated rings. The number of hydrogen-bond donors (Lipinski definition) is 3. The minimum Gasteiger partial charge on any atom is -0.508 e. The van der Waals surface area contributed by atoms with Crippen molar-refractivity contribution in [2.75, 3.05) is 6.54 Å². The Morgan fingerprint density at radius 2 is 1.87 bits per heavy atom. The van der Waals surface area contributed by atoms with Crippen molar-refractivity contribution in [3.8, 4) is 5.75 Å². The number of H-pyrrole nitrogens is 1. The van der Waals surface area contributed by atoms with Crippen LogP contribution in [0, 0.1) is 13.8 Å². The quantitative estimate of drug-likeness (QED) is 0.599. The molecular weight excluding hydrogens is 380 g/mol. The second-order valence-electron chi connectivity index (χ2n) is 7.81. The molecule has 154 valence electrons. The number of rotatable bonds is 5. The predicted molar refractivity (Wildman–Crippen MR) is 114 cm³/mol. The van der Waals surface area contributed by atoms with Gasteiger partial charge in [-0.25, -0.2) is 0 Å². The lowest BCUT2D eigenvalue weighted by molar-refractivity contribution is -0.129. The fourth-order valence-corrected chi connectivity index (χ4v) is 4.34. The molecule has 1 aromatic heterocycles. The van der Waals surface area contributed by atoms with Gasteiger partial charge in [0.15, 0.2) is 11.5 Å². The van der Waals surface area contributed by atoms with E-state index < -0.39 is 23.5 Å². The molecule has 6 heteroatoms. The molecule has 1 aliphatic heterocycles. The lowest BCUT2D eigenvalue weighted by atomic mass is 9.95. The molecule has 3 aromatic rings. The normalized spacial score (nSPS) is 16.7. The number of aromatic hydroxyl groups is 1. The Labute approximate surface area is 174 Å². The summed E-state index contributed by atoms with van der Waals surface area (Å²) in [5, 5.41) is 22.0. The number of aliphatic hydroxyl groups excluding tert-OH is 1. The highest BCUT2D eigenvalue weighted by Crippen LogP contribution is 2.41. The number of phenolic OH excluding ortho intramolecular Hbond substituents is 1. The number of nitrogens with zero attached hydrogens (tertiary/aromatic N) is 1. The summed E-state index contributed by atoms with van der Waals surface area (Å²) in [6, 6.07) is 12.2. The van der Waals surface area contributed by atoms with E-state index in [9.17, 15) is 19.8 Å². The van der Waals surface area contributed by atoms with Crippen LogP contribution in [-0.2, 0) is 16.0 Å². The molecular formula is C24H24N2O4. The van der Waals surface area contributed by atoms with Crippen LogP contribution in [0.1, 0.15) is 35.3 Å². The van der Waals surface area contributed by atoms with Crippen molar-refractivity contribution >= 4 is 22.6 Å². The number of benzene rings is 2. The van der Waals surface area contributed by atoms with Crippen molar-refractivity contribution in [3.05, 3.63) is 76.2 Å². The lowest BCUT2D eigenvalue weighted by Gasteiger charge is -2.27. The molecule has 1 atom stereocenters. The van der Waals surface area contributed by atoms with Gasteiger partial charge < -0.3 is 20.1 Å². The van der Waals surface area contributed by atoms with Gasteiger partial charge in [-0.3, -0.25) is 9.59 Å². The molecule has 0 radical (unpaired) electrons. The average Bonchev–Trinajstić information content (AvgIpc) is 3.14. The highest BCUT2D eigenvalue weighted by Gasteiger charge is 2.43. The van der Waals surface area contributed by atoms with E-state index in [1.165, 1.54) is 11.8 Å². The van der Waals surface area contributed by atoms with Crippen LogP contribution in [0.2, 0.25) is 0 Å². The first kappa shape index (κ1) is 19.8. The summed E-state index contributed by atoms with van der Waals surface area (Å²) in [4.78, 5) is 30.0. The summed E-state index contributed by atoms with van der Waals surface area (Å²) in [7, 11) is 0. The van der Waals surface area contributed by atoms with E-state index in [4.69, 9.17) is 0 Å². The Kier molecular flexibility index (Phi) is 4.86. The average molecular weight is 404 g/mol. The number of aromatic amines is 1. The number of aromatic nitrogens is 1. The summed E-state index contributed by atoms with van der Waals surface area (Å²) < 4.78 is 0. The first-order valence-electron chi connectivity index (χ1n) is 9.90. The molecule has 6 nitrogen and oxygen atoms in total. The van der Waals surface area contributed by atoms with Gasteiger partial charge in [0.25, 0.3) is 5.91 Å². The minimum atomic E-state index is -0.818. The highest BCUT2D eigenvalue weighted by atomic mass is 16.3. The molecule has 0 saturated heterocycles. The summed E-state index contributed by atoms with van der Waals surface area (Å²) in [5.74, 6) is -1.53. The second-order valence-corrected chi connectivity index (χ2v) is 7.81. The van der Waals surface area contributed by atoms with E-state index >= 15 is 0 Å². The molecule has 0 saturated carbocycles. The zero-order valence-corrected chi connectivity index (χ0v) is 17.2. The topological polar surface area (TPSA) is 93.6 Å². The van der Waals surface area contributed by atoms with Gasteiger partial charge in [-0.1, -0.05) is 30.3 Å². The number of nitrogens with one attached hydrogen (secondary N) is 1. The monoisotopic (exact) mass is 404 g/mol. The van der Waals surface area contributed by atoms with Crippen molar-refractivity contribution in [2.24, 2.45) is 0 Å². The number of amides is 1. The SMILES string of the molecule is CC(=O)C1=C(O)C(=O)N(CCc2c(C)[nH]c3ccccc23)C1c1ccc(C)cc1O. The van der Waals surface area contributed by atoms with E-state index in [0.29, 0.717) is 18.5 Å². The number of Topliss-reactive ketones (excluding diaryl/α,β-unsaturated/α-hetero) is 1. The minimum absolute atomic E-state index is 0.00507. The first-order chi connectivity index (χ1) is 14.3. The molecule has 1 unspecified atom stereocenters. The van der Waals surface area contributed by atoms with E-state index in [-0.39, 0.29) is 11.3 Å². The number of hydrogen-bond acceptors (Lipinski definition) is 4. The molecule has 4 rings (SSSR count). The first-order valence-corrected chi connectivity index (χ1v) is 9.90. The summed E-state index contributed by atoms with van der Waals surface area (Å²) >= 11 is 0. The third-order valence-corrected chi connectivity index (χ3v) is 5.79.